The molecule has 0 aliphatic rings. The number of carbonyl (C=O) groups is 1. The number of rotatable bonds is 18. The maximum Gasteiger partial charge on any atom is 0.139 e. The second kappa shape index (κ2) is 17.5. The summed E-state index contributed by atoms with van der Waals surface area (Å²) in [7, 11) is 0. The molecule has 0 aliphatic heterocycles. The van der Waals surface area contributed by atoms with Crippen LogP contribution in [0.2, 0.25) is 0 Å². The van der Waals surface area contributed by atoms with Crippen LogP contribution < -0.4 is 0 Å². The minimum absolute atomic E-state index is 0.334. The van der Waals surface area contributed by atoms with E-state index in [0.717, 1.165) is 25.7 Å². The van der Waals surface area contributed by atoms with Crippen LogP contribution in [0.25, 0.3) is 0 Å². The van der Waals surface area contributed by atoms with E-state index in [4.69, 9.17) is 0 Å². The first-order valence-electron chi connectivity index (χ1n) is 11.2. The first kappa shape index (κ1) is 23.7. The van der Waals surface area contributed by atoms with Crippen molar-refractivity contribution in [3.05, 3.63) is 0 Å². The molecule has 0 spiro atoms. The van der Waals surface area contributed by atoms with Gasteiger partial charge >= 0.3 is 0 Å². The molecule has 0 aliphatic carbocycles. The Morgan fingerprint density at radius 3 is 1.21 bits per heavy atom. The molecule has 1 heteroatoms. The van der Waals surface area contributed by atoms with E-state index in [9.17, 15) is 4.79 Å². The molecule has 0 bridgehead atoms. The second-order valence-corrected chi connectivity index (χ2v) is 7.73. The standard InChI is InChI=1S/C23H46O/c1-5-9-11-13-15-17-19-21(7-3)23(24)22(8-4)20-18-16-14-12-10-6-2/h21-22H,5-20H2,1-4H3. The van der Waals surface area contributed by atoms with Crippen LogP contribution in [-0.2, 0) is 4.79 Å². The molecular formula is C23H46O. The maximum atomic E-state index is 12.8. The summed E-state index contributed by atoms with van der Waals surface area (Å²) in [6.07, 6.45) is 20.3. The van der Waals surface area contributed by atoms with Crippen LogP contribution in [0, 0.1) is 11.8 Å². The fourth-order valence-electron chi connectivity index (χ4n) is 3.77. The van der Waals surface area contributed by atoms with Gasteiger partial charge in [0.1, 0.15) is 5.78 Å². The Morgan fingerprint density at radius 1 is 0.542 bits per heavy atom. The molecule has 0 amide bonds. The van der Waals surface area contributed by atoms with Crippen LogP contribution in [0.1, 0.15) is 130 Å². The van der Waals surface area contributed by atoms with E-state index < -0.39 is 0 Å². The molecule has 0 rings (SSSR count). The van der Waals surface area contributed by atoms with Crippen molar-refractivity contribution in [1.82, 2.24) is 0 Å². The molecule has 0 aromatic heterocycles. The lowest BCUT2D eigenvalue weighted by atomic mass is 9.83. The third-order valence-electron chi connectivity index (χ3n) is 5.60. The van der Waals surface area contributed by atoms with Gasteiger partial charge in [-0.3, -0.25) is 4.79 Å². The summed E-state index contributed by atoms with van der Waals surface area (Å²) in [5.41, 5.74) is 0. The van der Waals surface area contributed by atoms with Crippen molar-refractivity contribution >= 4 is 5.78 Å². The van der Waals surface area contributed by atoms with E-state index in [1.165, 1.54) is 77.0 Å². The maximum absolute atomic E-state index is 12.8. The van der Waals surface area contributed by atoms with Crippen molar-refractivity contribution in [1.29, 1.82) is 0 Å². The lowest BCUT2D eigenvalue weighted by molar-refractivity contribution is -0.127. The largest absolute Gasteiger partial charge is 0.299 e. The van der Waals surface area contributed by atoms with Crippen LogP contribution in [0.15, 0.2) is 0 Å². The summed E-state index contributed by atoms with van der Waals surface area (Å²) in [6.45, 7) is 8.94. The summed E-state index contributed by atoms with van der Waals surface area (Å²) >= 11 is 0. The van der Waals surface area contributed by atoms with E-state index >= 15 is 0 Å². The van der Waals surface area contributed by atoms with Crippen molar-refractivity contribution in [2.45, 2.75) is 130 Å². The fourth-order valence-corrected chi connectivity index (χ4v) is 3.77. The van der Waals surface area contributed by atoms with Crippen molar-refractivity contribution in [3.63, 3.8) is 0 Å². The molecule has 0 saturated heterocycles. The van der Waals surface area contributed by atoms with E-state index in [0.29, 0.717) is 17.6 Å². The first-order chi connectivity index (χ1) is 11.7. The number of hydrogen-bond acceptors (Lipinski definition) is 1. The zero-order valence-corrected chi connectivity index (χ0v) is 17.4. The minimum Gasteiger partial charge on any atom is -0.299 e. The van der Waals surface area contributed by atoms with Crippen LogP contribution >= 0.6 is 0 Å². The van der Waals surface area contributed by atoms with E-state index in [1.807, 2.05) is 0 Å². The summed E-state index contributed by atoms with van der Waals surface area (Å²) in [6, 6.07) is 0. The lowest BCUT2D eigenvalue weighted by Gasteiger charge is -2.20. The summed E-state index contributed by atoms with van der Waals surface area (Å²) < 4.78 is 0. The average Bonchev–Trinajstić information content (AvgIpc) is 2.60. The quantitative estimate of drug-likeness (QED) is 0.231. The third-order valence-corrected chi connectivity index (χ3v) is 5.60. The highest BCUT2D eigenvalue weighted by Crippen LogP contribution is 2.25. The topological polar surface area (TPSA) is 17.1 Å². The Labute approximate surface area is 153 Å². The van der Waals surface area contributed by atoms with Gasteiger partial charge in [-0.25, -0.2) is 0 Å². The zero-order valence-electron chi connectivity index (χ0n) is 17.4. The van der Waals surface area contributed by atoms with E-state index in [-0.39, 0.29) is 0 Å². The van der Waals surface area contributed by atoms with Crippen LogP contribution in [0.3, 0.4) is 0 Å². The van der Waals surface area contributed by atoms with Gasteiger partial charge in [-0.05, 0) is 25.7 Å². The van der Waals surface area contributed by atoms with Gasteiger partial charge in [-0.15, -0.1) is 0 Å². The SMILES string of the molecule is CCCCCCCCC(CC)C(=O)C(CC)CCCCCCCC. The Kier molecular flexibility index (Phi) is 17.3. The molecule has 0 radical (unpaired) electrons. The average molecular weight is 339 g/mol. The summed E-state index contributed by atoms with van der Waals surface area (Å²) in [4.78, 5) is 12.8. The van der Waals surface area contributed by atoms with Gasteiger partial charge in [0, 0.05) is 11.8 Å². The number of unbranched alkanes of at least 4 members (excludes halogenated alkanes) is 10. The molecule has 144 valence electrons. The van der Waals surface area contributed by atoms with Crippen LogP contribution in [0.5, 0.6) is 0 Å². The molecule has 0 heterocycles. The molecule has 0 saturated carbocycles. The van der Waals surface area contributed by atoms with Gasteiger partial charge in [-0.1, -0.05) is 105 Å². The Morgan fingerprint density at radius 2 is 0.875 bits per heavy atom. The minimum atomic E-state index is 0.334. The molecule has 0 N–H and O–H groups in total. The highest BCUT2D eigenvalue weighted by atomic mass is 16.1. The number of Topliss-reactive ketones (excluding diaryl/α,β-unsaturated/α-hetero) is 1. The molecule has 24 heavy (non-hydrogen) atoms. The number of carbonyl (C=O) groups excluding carboxylic acids is 1. The Balaban J connectivity index is 3.98. The fraction of sp³-hybridized carbons (Fsp3) is 0.957. The predicted molar refractivity (Wildman–Crippen MR) is 109 cm³/mol. The molecule has 2 unspecified atom stereocenters. The van der Waals surface area contributed by atoms with Crippen molar-refractivity contribution in [2.24, 2.45) is 11.8 Å². The molecular weight excluding hydrogens is 292 g/mol. The van der Waals surface area contributed by atoms with Crippen LogP contribution in [0.4, 0.5) is 0 Å². The van der Waals surface area contributed by atoms with Crippen molar-refractivity contribution in [3.8, 4) is 0 Å². The van der Waals surface area contributed by atoms with Crippen molar-refractivity contribution in [2.75, 3.05) is 0 Å². The highest BCUT2D eigenvalue weighted by molar-refractivity contribution is 5.83. The van der Waals surface area contributed by atoms with Gasteiger partial charge in [0.15, 0.2) is 0 Å². The van der Waals surface area contributed by atoms with Crippen molar-refractivity contribution < 1.29 is 4.79 Å². The summed E-state index contributed by atoms with van der Waals surface area (Å²) in [5.74, 6) is 1.25. The van der Waals surface area contributed by atoms with E-state index in [2.05, 4.69) is 27.7 Å². The van der Waals surface area contributed by atoms with Gasteiger partial charge in [0.2, 0.25) is 0 Å². The van der Waals surface area contributed by atoms with Gasteiger partial charge in [-0.2, -0.15) is 0 Å². The Hall–Kier alpha value is -0.330. The number of hydrogen-bond donors (Lipinski definition) is 0. The molecule has 0 fully saturated rings. The van der Waals surface area contributed by atoms with E-state index in [1.54, 1.807) is 0 Å². The molecule has 0 aromatic rings. The number of ketones is 1. The molecule has 1 nitrogen and oxygen atoms in total. The van der Waals surface area contributed by atoms with Crippen LogP contribution in [-0.4, -0.2) is 5.78 Å². The Bertz CT molecular complexity index is 245. The first-order valence-corrected chi connectivity index (χ1v) is 11.2. The van der Waals surface area contributed by atoms with Gasteiger partial charge in [0.05, 0.1) is 0 Å². The predicted octanol–water partition coefficient (Wildman–Crippen LogP) is 8.11. The third kappa shape index (κ3) is 12.1. The lowest BCUT2D eigenvalue weighted by Crippen LogP contribution is -2.23. The van der Waals surface area contributed by atoms with Gasteiger partial charge in [0.25, 0.3) is 0 Å². The monoisotopic (exact) mass is 338 g/mol. The van der Waals surface area contributed by atoms with Gasteiger partial charge < -0.3 is 0 Å². The highest BCUT2D eigenvalue weighted by Gasteiger charge is 2.23. The summed E-state index contributed by atoms with van der Waals surface area (Å²) in [5, 5.41) is 0. The normalized spacial score (nSPS) is 13.8. The zero-order chi connectivity index (χ0) is 18.0. The second-order valence-electron chi connectivity index (χ2n) is 7.73. The molecule has 0 aromatic carbocycles. The smallest absolute Gasteiger partial charge is 0.139 e. The molecule has 2 atom stereocenters.